The minimum atomic E-state index is 0.432. The van der Waals surface area contributed by atoms with Crippen molar-refractivity contribution in [3.63, 3.8) is 0 Å². The van der Waals surface area contributed by atoms with E-state index < -0.39 is 0 Å². The van der Waals surface area contributed by atoms with Gasteiger partial charge in [-0.1, -0.05) is 48.5 Å². The number of para-hydroxylation sites is 1. The van der Waals surface area contributed by atoms with Crippen LogP contribution in [-0.4, -0.2) is 20.4 Å². The number of hydrogen-bond donors (Lipinski definition) is 1. The van der Waals surface area contributed by atoms with Crippen LogP contribution in [0.4, 0.5) is 0 Å². The molecule has 0 atom stereocenters. The minimum absolute atomic E-state index is 0.432. The van der Waals surface area contributed by atoms with Gasteiger partial charge in [0.2, 0.25) is 5.88 Å². The van der Waals surface area contributed by atoms with Crippen molar-refractivity contribution in [1.29, 1.82) is 0 Å². The maximum absolute atomic E-state index is 5.68. The number of nitrogens with zero attached hydrogens (tertiary/aromatic N) is 3. The first-order valence-corrected chi connectivity index (χ1v) is 6.90. The lowest BCUT2D eigenvalue weighted by Gasteiger charge is -2.03. The Morgan fingerprint density at radius 1 is 0.818 bits per heavy atom. The first kappa shape index (κ1) is 12.5. The Morgan fingerprint density at radius 2 is 1.55 bits per heavy atom. The van der Waals surface area contributed by atoms with Crippen molar-refractivity contribution in [3.05, 3.63) is 66.7 Å². The Balaban J connectivity index is 1.71. The molecule has 0 aliphatic carbocycles. The van der Waals surface area contributed by atoms with E-state index in [1.165, 1.54) is 0 Å². The maximum atomic E-state index is 5.68. The summed E-state index contributed by atoms with van der Waals surface area (Å²) in [7, 11) is 0. The van der Waals surface area contributed by atoms with Gasteiger partial charge < -0.3 is 4.74 Å². The fraction of sp³-hybridized carbons (Fsp3) is 0. The molecule has 0 fully saturated rings. The highest BCUT2D eigenvalue weighted by atomic mass is 16.5. The molecular formula is C17H12N4O. The van der Waals surface area contributed by atoms with E-state index in [4.69, 9.17) is 4.74 Å². The van der Waals surface area contributed by atoms with Crippen LogP contribution in [0.15, 0.2) is 66.7 Å². The molecular weight excluding hydrogens is 276 g/mol. The van der Waals surface area contributed by atoms with E-state index in [-0.39, 0.29) is 0 Å². The number of rotatable bonds is 3. The van der Waals surface area contributed by atoms with Crippen molar-refractivity contribution in [1.82, 2.24) is 20.4 Å². The molecule has 0 bridgehead atoms. The summed E-state index contributed by atoms with van der Waals surface area (Å²) < 4.78 is 5.68. The number of aromatic nitrogens is 4. The second-order valence-electron chi connectivity index (χ2n) is 4.80. The molecule has 1 N–H and O–H groups in total. The molecule has 106 valence electrons. The van der Waals surface area contributed by atoms with Crippen LogP contribution in [0.3, 0.4) is 0 Å². The quantitative estimate of drug-likeness (QED) is 0.622. The fourth-order valence-corrected chi connectivity index (χ4v) is 2.26. The predicted octanol–water partition coefficient (Wildman–Crippen LogP) is 3.81. The van der Waals surface area contributed by atoms with Gasteiger partial charge >= 0.3 is 0 Å². The Kier molecular flexibility index (Phi) is 3.01. The third kappa shape index (κ3) is 2.29. The highest BCUT2D eigenvalue weighted by Crippen LogP contribution is 2.26. The number of benzene rings is 2. The van der Waals surface area contributed by atoms with Crippen LogP contribution in [0.25, 0.3) is 22.3 Å². The summed E-state index contributed by atoms with van der Waals surface area (Å²) in [5.41, 5.74) is 3.31. The van der Waals surface area contributed by atoms with E-state index in [1.807, 2.05) is 60.7 Å². The van der Waals surface area contributed by atoms with Gasteiger partial charge in [0, 0.05) is 11.6 Å². The SMILES string of the molecule is c1ccc(Oc2cc3[nH]nc(-c4ccccc4)c3nn2)cc1. The topological polar surface area (TPSA) is 63.7 Å². The van der Waals surface area contributed by atoms with Gasteiger partial charge in [0.25, 0.3) is 0 Å². The molecule has 0 aliphatic heterocycles. The Morgan fingerprint density at radius 3 is 2.32 bits per heavy atom. The largest absolute Gasteiger partial charge is 0.437 e. The maximum Gasteiger partial charge on any atom is 0.241 e. The lowest BCUT2D eigenvalue weighted by Crippen LogP contribution is -1.91. The first-order valence-electron chi connectivity index (χ1n) is 6.90. The first-order chi connectivity index (χ1) is 10.9. The standard InChI is InChI=1S/C17H12N4O/c1-3-7-12(8-4-1)16-17-14(18-20-16)11-15(19-21-17)22-13-9-5-2-6-10-13/h1-11H,(H,18,20). The van der Waals surface area contributed by atoms with Gasteiger partial charge in [-0.15, -0.1) is 10.2 Å². The highest BCUT2D eigenvalue weighted by molar-refractivity contribution is 5.89. The lowest BCUT2D eigenvalue weighted by molar-refractivity contribution is 0.457. The molecule has 0 spiro atoms. The number of nitrogens with one attached hydrogen (secondary N) is 1. The molecule has 0 aliphatic rings. The van der Waals surface area contributed by atoms with E-state index in [9.17, 15) is 0 Å². The van der Waals surface area contributed by atoms with E-state index in [2.05, 4.69) is 20.4 Å². The summed E-state index contributed by atoms with van der Waals surface area (Å²) in [6.45, 7) is 0. The zero-order valence-electron chi connectivity index (χ0n) is 11.6. The number of H-pyrrole nitrogens is 1. The molecule has 0 saturated heterocycles. The Bertz CT molecular complexity index is 904. The Labute approximate surface area is 126 Å². The minimum Gasteiger partial charge on any atom is -0.437 e. The van der Waals surface area contributed by atoms with Gasteiger partial charge in [-0.25, -0.2) is 0 Å². The van der Waals surface area contributed by atoms with Crippen molar-refractivity contribution in [2.75, 3.05) is 0 Å². The van der Waals surface area contributed by atoms with Gasteiger partial charge in [-0.05, 0) is 12.1 Å². The second-order valence-corrected chi connectivity index (χ2v) is 4.80. The van der Waals surface area contributed by atoms with Crippen LogP contribution >= 0.6 is 0 Å². The number of fused-ring (bicyclic) bond motifs is 1. The monoisotopic (exact) mass is 288 g/mol. The average Bonchev–Trinajstić information content (AvgIpc) is 3.00. The molecule has 22 heavy (non-hydrogen) atoms. The fourth-order valence-electron chi connectivity index (χ4n) is 2.26. The molecule has 0 amide bonds. The van der Waals surface area contributed by atoms with Crippen LogP contribution < -0.4 is 4.74 Å². The molecule has 4 aromatic rings. The normalized spacial score (nSPS) is 10.7. The molecule has 0 radical (unpaired) electrons. The Hall–Kier alpha value is -3.21. The van der Waals surface area contributed by atoms with E-state index in [0.717, 1.165) is 28.0 Å². The molecule has 0 saturated carbocycles. The molecule has 0 unspecified atom stereocenters. The molecule has 2 aromatic carbocycles. The van der Waals surface area contributed by atoms with Crippen molar-refractivity contribution in [2.24, 2.45) is 0 Å². The molecule has 2 aromatic heterocycles. The summed E-state index contributed by atoms with van der Waals surface area (Å²) in [6, 6.07) is 21.2. The third-order valence-electron chi connectivity index (χ3n) is 3.30. The van der Waals surface area contributed by atoms with E-state index >= 15 is 0 Å². The highest BCUT2D eigenvalue weighted by Gasteiger charge is 2.11. The zero-order chi connectivity index (χ0) is 14.8. The molecule has 2 heterocycles. The van der Waals surface area contributed by atoms with Gasteiger partial charge in [-0.2, -0.15) is 5.10 Å². The summed E-state index contributed by atoms with van der Waals surface area (Å²) in [5, 5.41) is 15.7. The molecule has 5 nitrogen and oxygen atoms in total. The van der Waals surface area contributed by atoms with Gasteiger partial charge in [0.05, 0.1) is 5.52 Å². The third-order valence-corrected chi connectivity index (χ3v) is 3.30. The predicted molar refractivity (Wildman–Crippen MR) is 83.6 cm³/mol. The van der Waals surface area contributed by atoms with Crippen LogP contribution in [-0.2, 0) is 0 Å². The van der Waals surface area contributed by atoms with Crippen molar-refractivity contribution in [2.45, 2.75) is 0 Å². The second kappa shape index (κ2) is 5.29. The summed E-state index contributed by atoms with van der Waals surface area (Å²) in [4.78, 5) is 0. The van der Waals surface area contributed by atoms with Crippen LogP contribution in [0.5, 0.6) is 11.6 Å². The van der Waals surface area contributed by atoms with Crippen molar-refractivity contribution >= 4 is 11.0 Å². The summed E-state index contributed by atoms with van der Waals surface area (Å²) in [5.74, 6) is 1.15. The summed E-state index contributed by atoms with van der Waals surface area (Å²) in [6.07, 6.45) is 0. The average molecular weight is 288 g/mol. The van der Waals surface area contributed by atoms with Crippen molar-refractivity contribution < 1.29 is 4.74 Å². The van der Waals surface area contributed by atoms with E-state index in [1.54, 1.807) is 6.07 Å². The number of hydrogen-bond acceptors (Lipinski definition) is 4. The molecule has 4 rings (SSSR count). The lowest BCUT2D eigenvalue weighted by atomic mass is 10.1. The number of ether oxygens (including phenoxy) is 1. The van der Waals surface area contributed by atoms with Gasteiger partial charge in [-0.3, -0.25) is 5.10 Å². The number of aromatic amines is 1. The van der Waals surface area contributed by atoms with Crippen LogP contribution in [0.1, 0.15) is 0 Å². The smallest absolute Gasteiger partial charge is 0.241 e. The summed E-state index contributed by atoms with van der Waals surface area (Å²) >= 11 is 0. The van der Waals surface area contributed by atoms with E-state index in [0.29, 0.717) is 5.88 Å². The van der Waals surface area contributed by atoms with Gasteiger partial charge in [0.1, 0.15) is 17.0 Å². The van der Waals surface area contributed by atoms with Crippen LogP contribution in [0, 0.1) is 0 Å². The van der Waals surface area contributed by atoms with Crippen LogP contribution in [0.2, 0.25) is 0 Å². The molecule has 5 heteroatoms. The van der Waals surface area contributed by atoms with Crippen molar-refractivity contribution in [3.8, 4) is 22.9 Å². The van der Waals surface area contributed by atoms with Gasteiger partial charge in [0.15, 0.2) is 0 Å². The zero-order valence-corrected chi connectivity index (χ0v) is 11.6.